The quantitative estimate of drug-likeness (QED) is 0.364. The highest BCUT2D eigenvalue weighted by molar-refractivity contribution is 7.92. The van der Waals surface area contributed by atoms with Crippen molar-refractivity contribution in [1.29, 1.82) is 0 Å². The largest absolute Gasteiger partial charge is 0.416 e. The summed E-state index contributed by atoms with van der Waals surface area (Å²) < 4.78 is 81.8. The van der Waals surface area contributed by atoms with Crippen LogP contribution in [0, 0.1) is 5.82 Å². The van der Waals surface area contributed by atoms with Crippen molar-refractivity contribution in [2.45, 2.75) is 30.6 Å². The van der Waals surface area contributed by atoms with E-state index in [-0.39, 0.29) is 16.5 Å². The molecule has 3 rings (SSSR count). The van der Waals surface area contributed by atoms with Crippen LogP contribution in [0.5, 0.6) is 0 Å². The molecule has 208 valence electrons. The first kappa shape index (κ1) is 29.9. The summed E-state index contributed by atoms with van der Waals surface area (Å²) in [5.41, 5.74) is -1.32. The first-order valence-corrected chi connectivity index (χ1v) is 13.3. The summed E-state index contributed by atoms with van der Waals surface area (Å²) in [6, 6.07) is 12.9. The number of rotatable bonds is 9. The molecule has 3 aromatic rings. The molecule has 0 bridgehead atoms. The summed E-state index contributed by atoms with van der Waals surface area (Å²) in [4.78, 5) is 26.8. The fourth-order valence-electron chi connectivity index (χ4n) is 3.69. The van der Waals surface area contributed by atoms with Gasteiger partial charge in [-0.25, -0.2) is 12.8 Å². The Bertz CT molecular complexity index is 1440. The minimum atomic E-state index is -4.83. The standard InChI is InChI=1S/C26H24ClF4N3O4S/c1-17(25(36)32-2)33(15-18-8-11-20(28)12-9-18)24(35)16-34(39(37,38)21-6-4-3-5-7-21)23-14-19(26(29,30)31)10-13-22(23)27/h3-14,17H,15-16H2,1-2H3,(H,32,36)/t17-/m0/s1. The van der Waals surface area contributed by atoms with E-state index >= 15 is 0 Å². The molecule has 2 amide bonds. The van der Waals surface area contributed by atoms with E-state index in [1.807, 2.05) is 0 Å². The van der Waals surface area contributed by atoms with E-state index in [4.69, 9.17) is 11.6 Å². The van der Waals surface area contributed by atoms with E-state index in [1.54, 1.807) is 6.07 Å². The Labute approximate surface area is 228 Å². The average molecular weight is 586 g/mol. The van der Waals surface area contributed by atoms with Gasteiger partial charge in [-0.2, -0.15) is 13.2 Å². The zero-order chi connectivity index (χ0) is 29.0. The predicted molar refractivity (Wildman–Crippen MR) is 138 cm³/mol. The second-order valence-corrected chi connectivity index (χ2v) is 10.7. The highest BCUT2D eigenvalue weighted by Gasteiger charge is 2.36. The zero-order valence-corrected chi connectivity index (χ0v) is 22.3. The lowest BCUT2D eigenvalue weighted by atomic mass is 10.1. The Morgan fingerprint density at radius 2 is 1.62 bits per heavy atom. The van der Waals surface area contributed by atoms with Crippen LogP contribution in [0.3, 0.4) is 0 Å². The number of alkyl halides is 3. The molecule has 0 unspecified atom stereocenters. The molecule has 1 atom stereocenters. The number of hydrogen-bond acceptors (Lipinski definition) is 4. The minimum absolute atomic E-state index is 0.219. The summed E-state index contributed by atoms with van der Waals surface area (Å²) in [6.45, 7) is 0.192. The van der Waals surface area contributed by atoms with E-state index in [1.165, 1.54) is 50.4 Å². The van der Waals surface area contributed by atoms with Gasteiger partial charge < -0.3 is 10.2 Å². The normalized spacial score (nSPS) is 12.5. The lowest BCUT2D eigenvalue weighted by Gasteiger charge is -2.32. The Morgan fingerprint density at radius 1 is 1.00 bits per heavy atom. The third kappa shape index (κ3) is 7.07. The van der Waals surface area contributed by atoms with Crippen molar-refractivity contribution in [3.05, 3.63) is 94.8 Å². The maximum atomic E-state index is 13.7. The van der Waals surface area contributed by atoms with Gasteiger partial charge in [0, 0.05) is 13.6 Å². The molecule has 0 heterocycles. The first-order valence-electron chi connectivity index (χ1n) is 11.5. The Morgan fingerprint density at radius 3 is 2.18 bits per heavy atom. The van der Waals surface area contributed by atoms with Crippen LogP contribution in [0.15, 0.2) is 77.7 Å². The third-order valence-electron chi connectivity index (χ3n) is 5.83. The fraction of sp³-hybridized carbons (Fsp3) is 0.231. The summed E-state index contributed by atoms with van der Waals surface area (Å²) in [5.74, 6) is -2.03. The van der Waals surface area contributed by atoms with Gasteiger partial charge in [0.2, 0.25) is 11.8 Å². The van der Waals surface area contributed by atoms with Gasteiger partial charge in [0.25, 0.3) is 10.0 Å². The van der Waals surface area contributed by atoms with Gasteiger partial charge >= 0.3 is 6.18 Å². The second kappa shape index (κ2) is 12.0. The number of benzene rings is 3. The lowest BCUT2D eigenvalue weighted by Crippen LogP contribution is -2.50. The van der Waals surface area contributed by atoms with Crippen molar-refractivity contribution in [3.8, 4) is 0 Å². The highest BCUT2D eigenvalue weighted by atomic mass is 35.5. The molecule has 0 aliphatic heterocycles. The average Bonchev–Trinajstić information content (AvgIpc) is 2.90. The molecule has 13 heteroatoms. The van der Waals surface area contributed by atoms with E-state index in [2.05, 4.69) is 5.32 Å². The van der Waals surface area contributed by atoms with Crippen molar-refractivity contribution in [2.24, 2.45) is 0 Å². The van der Waals surface area contributed by atoms with Gasteiger partial charge in [-0.05, 0) is 55.0 Å². The number of anilines is 1. The number of hydrogen-bond donors (Lipinski definition) is 1. The van der Waals surface area contributed by atoms with Crippen LogP contribution in [-0.4, -0.2) is 44.8 Å². The lowest BCUT2D eigenvalue weighted by molar-refractivity contribution is -0.139. The van der Waals surface area contributed by atoms with E-state index in [0.29, 0.717) is 22.0 Å². The molecular weight excluding hydrogens is 562 g/mol. The molecule has 0 spiro atoms. The van der Waals surface area contributed by atoms with Crippen molar-refractivity contribution in [2.75, 3.05) is 17.9 Å². The zero-order valence-electron chi connectivity index (χ0n) is 20.7. The predicted octanol–water partition coefficient (Wildman–Crippen LogP) is 4.86. The van der Waals surface area contributed by atoms with Crippen molar-refractivity contribution in [1.82, 2.24) is 10.2 Å². The number of carbonyl (C=O) groups excluding carboxylic acids is 2. The Balaban J connectivity index is 2.12. The van der Waals surface area contributed by atoms with Crippen LogP contribution >= 0.6 is 11.6 Å². The number of carbonyl (C=O) groups is 2. The van der Waals surface area contributed by atoms with E-state index in [0.717, 1.165) is 23.1 Å². The summed E-state index contributed by atoms with van der Waals surface area (Å²) in [6.07, 6.45) is -4.83. The number of nitrogens with one attached hydrogen (secondary N) is 1. The Hall–Kier alpha value is -3.64. The highest BCUT2D eigenvalue weighted by Crippen LogP contribution is 2.37. The molecule has 0 aromatic heterocycles. The first-order chi connectivity index (χ1) is 18.3. The van der Waals surface area contributed by atoms with Gasteiger partial charge in [-0.15, -0.1) is 0 Å². The molecule has 0 fully saturated rings. The van der Waals surface area contributed by atoms with Crippen LogP contribution < -0.4 is 9.62 Å². The van der Waals surface area contributed by atoms with Crippen molar-refractivity contribution in [3.63, 3.8) is 0 Å². The van der Waals surface area contributed by atoms with Crippen LogP contribution in [-0.2, 0) is 32.3 Å². The summed E-state index contributed by atoms with van der Waals surface area (Å²) >= 11 is 6.18. The molecule has 3 aromatic carbocycles. The second-order valence-electron chi connectivity index (χ2n) is 8.43. The molecule has 39 heavy (non-hydrogen) atoms. The third-order valence-corrected chi connectivity index (χ3v) is 7.93. The summed E-state index contributed by atoms with van der Waals surface area (Å²) in [7, 11) is -3.27. The number of halogens is 5. The van der Waals surface area contributed by atoms with Gasteiger partial charge in [0.05, 0.1) is 21.2 Å². The molecule has 0 aliphatic carbocycles. The molecular formula is C26H24ClF4N3O4S. The van der Waals surface area contributed by atoms with Crippen LogP contribution in [0.2, 0.25) is 5.02 Å². The maximum Gasteiger partial charge on any atom is 0.416 e. The van der Waals surface area contributed by atoms with Crippen LogP contribution in [0.25, 0.3) is 0 Å². The van der Waals surface area contributed by atoms with Crippen LogP contribution in [0.4, 0.5) is 23.2 Å². The number of sulfonamides is 1. The summed E-state index contributed by atoms with van der Waals surface area (Å²) in [5, 5.41) is 2.05. The number of amides is 2. The molecule has 1 N–H and O–H groups in total. The fourth-order valence-corrected chi connectivity index (χ4v) is 5.41. The Kier molecular flexibility index (Phi) is 9.23. The van der Waals surface area contributed by atoms with Gasteiger partial charge in [0.15, 0.2) is 0 Å². The monoisotopic (exact) mass is 585 g/mol. The maximum absolute atomic E-state index is 13.7. The van der Waals surface area contributed by atoms with Gasteiger partial charge in [0.1, 0.15) is 18.4 Å². The SMILES string of the molecule is CNC(=O)[C@H](C)N(Cc1ccc(F)cc1)C(=O)CN(c1cc(C(F)(F)F)ccc1Cl)S(=O)(=O)c1ccccc1. The number of likely N-dealkylation sites (N-methyl/N-ethyl adjacent to an activating group) is 1. The molecule has 0 saturated carbocycles. The van der Waals surface area contributed by atoms with Gasteiger partial charge in [-0.3, -0.25) is 13.9 Å². The molecule has 0 radical (unpaired) electrons. The van der Waals surface area contributed by atoms with E-state index < -0.39 is 57.7 Å². The topological polar surface area (TPSA) is 86.8 Å². The van der Waals surface area contributed by atoms with Crippen molar-refractivity contribution >= 4 is 39.1 Å². The smallest absolute Gasteiger partial charge is 0.357 e. The van der Waals surface area contributed by atoms with Gasteiger partial charge in [-0.1, -0.05) is 41.9 Å². The van der Waals surface area contributed by atoms with E-state index in [9.17, 15) is 35.6 Å². The number of nitrogens with zero attached hydrogens (tertiary/aromatic N) is 2. The van der Waals surface area contributed by atoms with Crippen LogP contribution in [0.1, 0.15) is 18.1 Å². The molecule has 0 aliphatic rings. The van der Waals surface area contributed by atoms with Crippen molar-refractivity contribution < 1.29 is 35.6 Å². The minimum Gasteiger partial charge on any atom is -0.357 e. The molecule has 7 nitrogen and oxygen atoms in total. The molecule has 0 saturated heterocycles.